The topological polar surface area (TPSA) is 76.8 Å². The summed E-state index contributed by atoms with van der Waals surface area (Å²) in [6.45, 7) is 2.59. The summed E-state index contributed by atoms with van der Waals surface area (Å²) in [7, 11) is 0. The Morgan fingerprint density at radius 3 is 2.88 bits per heavy atom. The first-order valence-electron chi connectivity index (χ1n) is 8.31. The molecule has 2 aliphatic rings. The lowest BCUT2D eigenvalue weighted by atomic mass is 10.00. The van der Waals surface area contributed by atoms with Gasteiger partial charge in [0.1, 0.15) is 12.9 Å². The lowest BCUT2D eigenvalue weighted by Gasteiger charge is -2.16. The molecular weight excluding hydrogens is 322 g/mol. The fourth-order valence-electron chi connectivity index (χ4n) is 3.01. The largest absolute Gasteiger partial charge is 0.471 e. The Bertz CT molecular complexity index is 755. The number of cyclic esters (lactones) is 1. The molecule has 0 bridgehead atoms. The number of carbonyl (C=O) groups is 1. The first kappa shape index (κ1) is 15.7. The zero-order valence-electron chi connectivity index (χ0n) is 13.7. The van der Waals surface area contributed by atoms with Crippen LogP contribution in [0.4, 0.5) is 10.5 Å². The standard InChI is InChI=1S/C18H19N3O4/c22-18-21(11-16(25-18)12-23-17-7-10-24-20-17)15-3-1-13(2-4-15)14-5-8-19-9-6-14/h1-5,7,10,16,19H,6,8-9,11-12H2. The highest BCUT2D eigenvalue weighted by Gasteiger charge is 2.33. The molecule has 1 amide bonds. The maximum absolute atomic E-state index is 12.1. The van der Waals surface area contributed by atoms with Crippen LogP contribution in [0.15, 0.2) is 47.2 Å². The summed E-state index contributed by atoms with van der Waals surface area (Å²) in [4.78, 5) is 13.7. The number of carbonyl (C=O) groups excluding carboxylic acids is 1. The lowest BCUT2D eigenvalue weighted by Crippen LogP contribution is -2.26. The summed E-state index contributed by atoms with van der Waals surface area (Å²) >= 11 is 0. The predicted octanol–water partition coefficient (Wildman–Crippen LogP) is 2.46. The minimum atomic E-state index is -0.359. The second-order valence-electron chi connectivity index (χ2n) is 6.00. The minimum absolute atomic E-state index is 0.243. The normalized spacial score (nSPS) is 20.3. The number of nitrogens with zero attached hydrogens (tertiary/aromatic N) is 2. The van der Waals surface area contributed by atoms with Crippen LogP contribution >= 0.6 is 0 Å². The Morgan fingerprint density at radius 1 is 1.28 bits per heavy atom. The highest BCUT2D eigenvalue weighted by atomic mass is 16.6. The molecule has 0 aliphatic carbocycles. The predicted molar refractivity (Wildman–Crippen MR) is 91.5 cm³/mol. The van der Waals surface area contributed by atoms with Crippen LogP contribution in [0.5, 0.6) is 5.88 Å². The molecule has 1 aromatic carbocycles. The number of ether oxygens (including phenoxy) is 2. The van der Waals surface area contributed by atoms with E-state index in [0.717, 1.165) is 25.2 Å². The molecule has 1 atom stereocenters. The van der Waals surface area contributed by atoms with Crippen molar-refractivity contribution in [3.63, 3.8) is 0 Å². The molecule has 1 unspecified atom stereocenters. The van der Waals surface area contributed by atoms with Crippen LogP contribution < -0.4 is 15.0 Å². The number of rotatable bonds is 5. The fraction of sp³-hybridized carbons (Fsp3) is 0.333. The molecule has 0 saturated carbocycles. The molecule has 3 heterocycles. The first-order valence-corrected chi connectivity index (χ1v) is 8.31. The van der Waals surface area contributed by atoms with Crippen LogP contribution in [0.25, 0.3) is 5.57 Å². The summed E-state index contributed by atoms with van der Waals surface area (Å²) in [5.41, 5.74) is 3.36. The van der Waals surface area contributed by atoms with Gasteiger partial charge in [0.05, 0.1) is 6.54 Å². The number of benzene rings is 1. The second-order valence-corrected chi connectivity index (χ2v) is 6.00. The average molecular weight is 341 g/mol. The lowest BCUT2D eigenvalue weighted by molar-refractivity contribution is 0.102. The van der Waals surface area contributed by atoms with Gasteiger partial charge in [0.15, 0.2) is 6.10 Å². The number of aromatic nitrogens is 1. The zero-order chi connectivity index (χ0) is 17.1. The van der Waals surface area contributed by atoms with Crippen molar-refractivity contribution in [2.75, 3.05) is 31.1 Å². The van der Waals surface area contributed by atoms with Crippen molar-refractivity contribution in [2.45, 2.75) is 12.5 Å². The van der Waals surface area contributed by atoms with E-state index < -0.39 is 0 Å². The van der Waals surface area contributed by atoms with E-state index in [9.17, 15) is 4.79 Å². The third-order valence-electron chi connectivity index (χ3n) is 4.32. The van der Waals surface area contributed by atoms with Gasteiger partial charge in [0.2, 0.25) is 0 Å². The van der Waals surface area contributed by atoms with Gasteiger partial charge in [-0.15, -0.1) is 0 Å². The van der Waals surface area contributed by atoms with E-state index in [-0.39, 0.29) is 18.8 Å². The van der Waals surface area contributed by atoms with E-state index in [4.69, 9.17) is 14.0 Å². The zero-order valence-corrected chi connectivity index (χ0v) is 13.7. The van der Waals surface area contributed by atoms with Crippen LogP contribution in [0.3, 0.4) is 0 Å². The Labute approximate surface area is 145 Å². The van der Waals surface area contributed by atoms with Crippen molar-refractivity contribution in [1.29, 1.82) is 0 Å². The van der Waals surface area contributed by atoms with Crippen LogP contribution in [0.1, 0.15) is 12.0 Å². The van der Waals surface area contributed by atoms with Gasteiger partial charge in [-0.2, -0.15) is 0 Å². The van der Waals surface area contributed by atoms with E-state index in [1.807, 2.05) is 12.1 Å². The Balaban J connectivity index is 1.39. The maximum Gasteiger partial charge on any atom is 0.414 e. The van der Waals surface area contributed by atoms with Crippen molar-refractivity contribution in [1.82, 2.24) is 10.5 Å². The Morgan fingerprint density at radius 2 is 2.16 bits per heavy atom. The SMILES string of the molecule is O=C1OC(COc2ccon2)CN1c1ccc(C2=CCNCC2)cc1. The molecule has 2 aliphatic heterocycles. The molecule has 1 aromatic heterocycles. The fourth-order valence-corrected chi connectivity index (χ4v) is 3.01. The van der Waals surface area contributed by atoms with E-state index in [1.54, 1.807) is 11.0 Å². The van der Waals surface area contributed by atoms with Gasteiger partial charge < -0.3 is 19.3 Å². The van der Waals surface area contributed by atoms with Gasteiger partial charge in [0, 0.05) is 18.3 Å². The highest BCUT2D eigenvalue weighted by Crippen LogP contribution is 2.26. The van der Waals surface area contributed by atoms with E-state index in [2.05, 4.69) is 28.7 Å². The van der Waals surface area contributed by atoms with Crippen molar-refractivity contribution in [3.8, 4) is 5.88 Å². The van der Waals surface area contributed by atoms with E-state index in [1.165, 1.54) is 17.4 Å². The number of hydrogen-bond acceptors (Lipinski definition) is 6. The minimum Gasteiger partial charge on any atom is -0.471 e. The summed E-state index contributed by atoms with van der Waals surface area (Å²) in [5, 5.41) is 6.97. The second kappa shape index (κ2) is 6.98. The summed E-state index contributed by atoms with van der Waals surface area (Å²) in [6, 6.07) is 9.64. The van der Waals surface area contributed by atoms with Crippen LogP contribution in [0.2, 0.25) is 0 Å². The number of hydrogen-bond donors (Lipinski definition) is 1. The number of amides is 1. The van der Waals surface area contributed by atoms with Crippen LogP contribution in [-0.4, -0.2) is 43.6 Å². The van der Waals surface area contributed by atoms with E-state index in [0.29, 0.717) is 12.4 Å². The monoisotopic (exact) mass is 341 g/mol. The van der Waals surface area contributed by atoms with Crippen molar-refractivity contribution in [3.05, 3.63) is 48.2 Å². The van der Waals surface area contributed by atoms with Crippen LogP contribution in [0, 0.1) is 0 Å². The summed E-state index contributed by atoms with van der Waals surface area (Å²) in [6.07, 6.45) is 3.97. The molecule has 4 rings (SSSR count). The molecule has 25 heavy (non-hydrogen) atoms. The molecule has 1 fully saturated rings. The Hall–Kier alpha value is -2.80. The molecule has 0 spiro atoms. The molecular formula is C18H19N3O4. The summed E-state index contributed by atoms with van der Waals surface area (Å²) in [5.74, 6) is 0.383. The van der Waals surface area contributed by atoms with Gasteiger partial charge in [-0.3, -0.25) is 4.90 Å². The molecule has 1 N–H and O–H groups in total. The molecule has 130 valence electrons. The van der Waals surface area contributed by atoms with Gasteiger partial charge in [-0.25, -0.2) is 4.79 Å². The van der Waals surface area contributed by atoms with Gasteiger partial charge in [-0.1, -0.05) is 18.2 Å². The third kappa shape index (κ3) is 3.51. The molecule has 2 aromatic rings. The first-order chi connectivity index (χ1) is 12.3. The third-order valence-corrected chi connectivity index (χ3v) is 4.32. The molecule has 0 radical (unpaired) electrons. The average Bonchev–Trinajstić information content (AvgIpc) is 3.30. The van der Waals surface area contributed by atoms with Gasteiger partial charge >= 0.3 is 6.09 Å². The van der Waals surface area contributed by atoms with Crippen molar-refractivity contribution in [2.24, 2.45) is 0 Å². The van der Waals surface area contributed by atoms with Gasteiger partial charge in [-0.05, 0) is 41.4 Å². The molecule has 7 nitrogen and oxygen atoms in total. The molecule has 7 heteroatoms. The Kier molecular flexibility index (Phi) is 4.39. The van der Waals surface area contributed by atoms with Gasteiger partial charge in [0.25, 0.3) is 5.88 Å². The number of nitrogens with one attached hydrogen (secondary N) is 1. The van der Waals surface area contributed by atoms with Crippen molar-refractivity contribution < 1.29 is 18.8 Å². The summed E-state index contributed by atoms with van der Waals surface area (Å²) < 4.78 is 15.5. The molecule has 1 saturated heterocycles. The van der Waals surface area contributed by atoms with Crippen LogP contribution in [-0.2, 0) is 4.74 Å². The van der Waals surface area contributed by atoms with E-state index >= 15 is 0 Å². The maximum atomic E-state index is 12.1. The highest BCUT2D eigenvalue weighted by molar-refractivity contribution is 5.90. The smallest absolute Gasteiger partial charge is 0.414 e. The quantitative estimate of drug-likeness (QED) is 0.900. The number of anilines is 1. The van der Waals surface area contributed by atoms with Crippen molar-refractivity contribution >= 4 is 17.4 Å².